The lowest BCUT2D eigenvalue weighted by molar-refractivity contribution is 0.171. The summed E-state index contributed by atoms with van der Waals surface area (Å²) in [6, 6.07) is 4.31. The molecule has 1 atom stereocenters. The predicted octanol–water partition coefficient (Wildman–Crippen LogP) is 3.01. The molecule has 0 unspecified atom stereocenters. The molecule has 23 heavy (non-hydrogen) atoms. The van der Waals surface area contributed by atoms with Crippen molar-refractivity contribution in [2.45, 2.75) is 31.8 Å². The molecule has 0 radical (unpaired) electrons. The van der Waals surface area contributed by atoms with Gasteiger partial charge in [-0.1, -0.05) is 11.6 Å². The second kappa shape index (κ2) is 6.06. The highest BCUT2D eigenvalue weighted by molar-refractivity contribution is 6.32. The number of aryl methyl sites for hydroxylation is 1. The fraction of sp³-hybridized carbons (Fsp3) is 0.471. The van der Waals surface area contributed by atoms with Gasteiger partial charge < -0.3 is 14.8 Å². The summed E-state index contributed by atoms with van der Waals surface area (Å²) in [6.07, 6.45) is 5.42. The van der Waals surface area contributed by atoms with Crippen LogP contribution >= 0.6 is 11.6 Å². The zero-order valence-corrected chi connectivity index (χ0v) is 13.9. The summed E-state index contributed by atoms with van der Waals surface area (Å²) in [6.45, 7) is 1.87. The summed E-state index contributed by atoms with van der Waals surface area (Å²) >= 11 is 6.31. The highest BCUT2D eigenvalue weighted by atomic mass is 35.5. The molecule has 5 nitrogen and oxygen atoms in total. The van der Waals surface area contributed by atoms with Crippen molar-refractivity contribution < 1.29 is 9.47 Å². The summed E-state index contributed by atoms with van der Waals surface area (Å²) in [7, 11) is 2.02. The molecular weight excluding hydrogens is 314 g/mol. The SMILES string of the molecule is Cn1ncc2c1CCC[C@H]2NCc1cc(Cl)c2c(c1)OCCO2. The van der Waals surface area contributed by atoms with Crippen LogP contribution in [0.4, 0.5) is 0 Å². The molecular formula is C17H20ClN3O2. The van der Waals surface area contributed by atoms with Gasteiger partial charge in [-0.15, -0.1) is 0 Å². The Kier molecular flexibility index (Phi) is 3.91. The van der Waals surface area contributed by atoms with Crippen molar-refractivity contribution in [3.05, 3.63) is 40.2 Å². The summed E-state index contributed by atoms with van der Waals surface area (Å²) in [5, 5.41) is 8.64. The molecule has 1 aromatic heterocycles. The number of rotatable bonds is 3. The number of nitrogens with one attached hydrogen (secondary N) is 1. The molecule has 0 saturated heterocycles. The second-order valence-corrected chi connectivity index (χ2v) is 6.50. The summed E-state index contributed by atoms with van der Waals surface area (Å²) in [5.74, 6) is 1.40. The molecule has 1 aliphatic heterocycles. The van der Waals surface area contributed by atoms with Crippen molar-refractivity contribution >= 4 is 11.6 Å². The molecule has 0 bridgehead atoms. The number of hydrogen-bond acceptors (Lipinski definition) is 4. The molecule has 4 rings (SSSR count). The molecule has 1 aromatic carbocycles. The fourth-order valence-corrected chi connectivity index (χ4v) is 3.71. The molecule has 0 saturated carbocycles. The Hall–Kier alpha value is -1.72. The minimum Gasteiger partial charge on any atom is -0.486 e. The molecule has 0 amide bonds. The highest BCUT2D eigenvalue weighted by Crippen LogP contribution is 2.38. The fourth-order valence-electron chi connectivity index (χ4n) is 3.43. The number of halogens is 1. The Bertz CT molecular complexity index is 729. The lowest BCUT2D eigenvalue weighted by Crippen LogP contribution is -2.25. The van der Waals surface area contributed by atoms with E-state index in [2.05, 4.69) is 10.4 Å². The van der Waals surface area contributed by atoms with Gasteiger partial charge in [0.2, 0.25) is 0 Å². The molecule has 6 heteroatoms. The van der Waals surface area contributed by atoms with Crippen molar-refractivity contribution in [1.82, 2.24) is 15.1 Å². The number of benzene rings is 1. The van der Waals surface area contributed by atoms with Crippen molar-refractivity contribution in [2.24, 2.45) is 7.05 Å². The van der Waals surface area contributed by atoms with E-state index in [1.54, 1.807) is 0 Å². The van der Waals surface area contributed by atoms with Crippen LogP contribution in [0, 0.1) is 0 Å². The smallest absolute Gasteiger partial charge is 0.179 e. The molecule has 1 aliphatic carbocycles. The van der Waals surface area contributed by atoms with Crippen LogP contribution in [0.2, 0.25) is 5.02 Å². The molecule has 0 spiro atoms. The van der Waals surface area contributed by atoms with E-state index in [-0.39, 0.29) is 0 Å². The molecule has 122 valence electrons. The molecule has 2 aliphatic rings. The normalized spacial score (nSPS) is 19.5. The number of hydrogen-bond donors (Lipinski definition) is 1. The molecule has 2 aromatic rings. The van der Waals surface area contributed by atoms with Gasteiger partial charge in [-0.3, -0.25) is 4.68 Å². The van der Waals surface area contributed by atoms with Crippen molar-refractivity contribution in [1.29, 1.82) is 0 Å². The minimum atomic E-state index is 0.347. The van der Waals surface area contributed by atoms with E-state index in [1.165, 1.54) is 17.7 Å². The second-order valence-electron chi connectivity index (χ2n) is 6.10. The van der Waals surface area contributed by atoms with Crippen LogP contribution in [0.1, 0.15) is 35.7 Å². The maximum atomic E-state index is 6.31. The highest BCUT2D eigenvalue weighted by Gasteiger charge is 2.23. The quantitative estimate of drug-likeness (QED) is 0.938. The van der Waals surface area contributed by atoms with E-state index in [9.17, 15) is 0 Å². The van der Waals surface area contributed by atoms with E-state index in [0.717, 1.165) is 30.7 Å². The summed E-state index contributed by atoms with van der Waals surface area (Å²) in [5.41, 5.74) is 3.77. The van der Waals surface area contributed by atoms with Crippen LogP contribution in [-0.2, 0) is 20.0 Å². The van der Waals surface area contributed by atoms with Gasteiger partial charge in [-0.2, -0.15) is 5.10 Å². The third-order valence-electron chi connectivity index (χ3n) is 4.58. The van der Waals surface area contributed by atoms with Crippen molar-refractivity contribution in [2.75, 3.05) is 13.2 Å². The standard InChI is InChI=1S/C17H20ClN3O2/c1-21-15-4-2-3-14(12(15)10-20-21)19-9-11-7-13(18)17-16(8-11)22-5-6-23-17/h7-8,10,14,19H,2-6,9H2,1H3/t14-/m1/s1. The number of nitrogens with zero attached hydrogens (tertiary/aromatic N) is 2. The first-order chi connectivity index (χ1) is 11.2. The van der Waals surface area contributed by atoms with Crippen LogP contribution in [0.5, 0.6) is 11.5 Å². The first kappa shape index (κ1) is 14.8. The van der Waals surface area contributed by atoms with Crippen LogP contribution in [0.15, 0.2) is 18.3 Å². The summed E-state index contributed by atoms with van der Waals surface area (Å²) in [4.78, 5) is 0. The van der Waals surface area contributed by atoms with Gasteiger partial charge in [0, 0.05) is 30.9 Å². The van der Waals surface area contributed by atoms with Gasteiger partial charge in [0.15, 0.2) is 11.5 Å². The monoisotopic (exact) mass is 333 g/mol. The lowest BCUT2D eigenvalue weighted by Gasteiger charge is -2.25. The van der Waals surface area contributed by atoms with Crippen molar-refractivity contribution in [3.8, 4) is 11.5 Å². The maximum absolute atomic E-state index is 6.31. The third kappa shape index (κ3) is 2.79. The van der Waals surface area contributed by atoms with Crippen LogP contribution in [0.3, 0.4) is 0 Å². The van der Waals surface area contributed by atoms with Crippen molar-refractivity contribution in [3.63, 3.8) is 0 Å². The Morgan fingerprint density at radius 3 is 3.13 bits per heavy atom. The minimum absolute atomic E-state index is 0.347. The average molecular weight is 334 g/mol. The van der Waals surface area contributed by atoms with Crippen LogP contribution < -0.4 is 14.8 Å². The number of ether oxygens (including phenoxy) is 2. The van der Waals surface area contributed by atoms with Crippen LogP contribution in [-0.4, -0.2) is 23.0 Å². The average Bonchev–Trinajstić information content (AvgIpc) is 2.95. The predicted molar refractivity (Wildman–Crippen MR) is 88.2 cm³/mol. The zero-order valence-electron chi connectivity index (χ0n) is 13.1. The Labute approximate surface area is 140 Å². The van der Waals surface area contributed by atoms with Gasteiger partial charge in [0.05, 0.1) is 11.2 Å². The topological polar surface area (TPSA) is 48.3 Å². The van der Waals surface area contributed by atoms with E-state index in [4.69, 9.17) is 21.1 Å². The number of aromatic nitrogens is 2. The Morgan fingerprint density at radius 1 is 1.35 bits per heavy atom. The third-order valence-corrected chi connectivity index (χ3v) is 4.87. The first-order valence-corrected chi connectivity index (χ1v) is 8.42. The van der Waals surface area contributed by atoms with E-state index >= 15 is 0 Å². The van der Waals surface area contributed by atoms with Crippen LogP contribution in [0.25, 0.3) is 0 Å². The van der Waals surface area contributed by atoms with Gasteiger partial charge >= 0.3 is 0 Å². The lowest BCUT2D eigenvalue weighted by atomic mass is 9.93. The molecule has 0 fully saturated rings. The first-order valence-electron chi connectivity index (χ1n) is 8.04. The Balaban J connectivity index is 1.51. The maximum Gasteiger partial charge on any atom is 0.179 e. The Morgan fingerprint density at radius 2 is 2.22 bits per heavy atom. The van der Waals surface area contributed by atoms with E-state index in [1.807, 2.05) is 30.1 Å². The molecule has 2 heterocycles. The number of fused-ring (bicyclic) bond motifs is 2. The van der Waals surface area contributed by atoms with Gasteiger partial charge in [0.25, 0.3) is 0 Å². The van der Waals surface area contributed by atoms with Gasteiger partial charge in [0.1, 0.15) is 13.2 Å². The van der Waals surface area contributed by atoms with Gasteiger partial charge in [-0.05, 0) is 37.0 Å². The van der Waals surface area contributed by atoms with E-state index < -0.39 is 0 Å². The van der Waals surface area contributed by atoms with E-state index in [0.29, 0.717) is 30.0 Å². The largest absolute Gasteiger partial charge is 0.486 e. The molecule has 1 N–H and O–H groups in total. The zero-order chi connectivity index (χ0) is 15.8. The summed E-state index contributed by atoms with van der Waals surface area (Å²) < 4.78 is 13.2. The van der Waals surface area contributed by atoms with Gasteiger partial charge in [-0.25, -0.2) is 0 Å².